The Morgan fingerprint density at radius 1 is 1.47 bits per heavy atom. The van der Waals surface area contributed by atoms with Gasteiger partial charge in [0.05, 0.1) is 12.7 Å². The molecule has 8 heteroatoms. The Kier molecular flexibility index (Phi) is 3.33. The second-order valence-electron chi connectivity index (χ2n) is 2.99. The van der Waals surface area contributed by atoms with Gasteiger partial charge in [0.25, 0.3) is 5.91 Å². The van der Waals surface area contributed by atoms with Gasteiger partial charge >= 0.3 is 6.01 Å². The van der Waals surface area contributed by atoms with Crippen molar-refractivity contribution in [1.29, 1.82) is 0 Å². The molecule has 0 fully saturated rings. The predicted molar refractivity (Wildman–Crippen MR) is 64.0 cm³/mol. The Labute approximate surface area is 102 Å². The molecule has 0 aromatic carbocycles. The first-order valence-electron chi connectivity index (χ1n) is 4.57. The molecule has 0 saturated carbocycles. The van der Waals surface area contributed by atoms with Crippen LogP contribution < -0.4 is 15.6 Å². The van der Waals surface area contributed by atoms with Crippen molar-refractivity contribution in [3.8, 4) is 6.01 Å². The van der Waals surface area contributed by atoms with E-state index in [0.717, 1.165) is 0 Å². The van der Waals surface area contributed by atoms with Gasteiger partial charge in [0, 0.05) is 23.4 Å². The molecule has 84 valence electrons. The summed E-state index contributed by atoms with van der Waals surface area (Å²) < 4.78 is 4.79. The minimum absolute atomic E-state index is 0.208. The summed E-state index contributed by atoms with van der Waals surface area (Å²) in [5.41, 5.74) is 0.691. The van der Waals surface area contributed by atoms with Gasteiger partial charge in [-0.2, -0.15) is 0 Å². The molecule has 1 N–H and O–H groups in total. The number of rotatable bonds is 3. The Bertz CT molecular complexity index is 528. The molecule has 17 heavy (non-hydrogen) atoms. The molecule has 0 spiro atoms. The molecule has 2 rings (SSSR count). The minimum Gasteiger partial charge on any atom is -0.467 e. The maximum Gasteiger partial charge on any atom is 0.316 e. The summed E-state index contributed by atoms with van der Waals surface area (Å²) in [6.45, 7) is 0. The molecule has 0 saturated heterocycles. The standard InChI is InChI=1S/C9H7BN4O2S/c1-16-8-11-2-5(3-12-8)7(15)14-9-13-6(10)4-17-9/h2-4H,1H3,(H,13,14,15). The summed E-state index contributed by atoms with van der Waals surface area (Å²) >= 11 is 1.25. The molecular weight excluding hydrogens is 239 g/mol. The number of aromatic nitrogens is 3. The van der Waals surface area contributed by atoms with Crippen molar-refractivity contribution in [3.05, 3.63) is 23.3 Å². The number of anilines is 1. The maximum atomic E-state index is 11.7. The first-order chi connectivity index (χ1) is 8.19. The Balaban J connectivity index is 2.09. The molecule has 0 aliphatic carbocycles. The van der Waals surface area contributed by atoms with Crippen LogP contribution >= 0.6 is 11.3 Å². The fourth-order valence-corrected chi connectivity index (χ4v) is 1.65. The number of thiazole rings is 1. The summed E-state index contributed by atoms with van der Waals surface area (Å²) in [7, 11) is 6.89. The van der Waals surface area contributed by atoms with E-state index in [9.17, 15) is 4.79 Å². The first kappa shape index (κ1) is 11.5. The highest BCUT2D eigenvalue weighted by Crippen LogP contribution is 2.10. The SMILES string of the molecule is [B]c1csc(NC(=O)c2cnc(OC)nc2)n1. The molecule has 2 radical (unpaired) electrons. The van der Waals surface area contributed by atoms with Gasteiger partial charge in [-0.25, -0.2) is 15.0 Å². The van der Waals surface area contributed by atoms with Crippen molar-refractivity contribution < 1.29 is 9.53 Å². The quantitative estimate of drug-likeness (QED) is 0.770. The van der Waals surface area contributed by atoms with Gasteiger partial charge in [-0.3, -0.25) is 10.1 Å². The normalized spacial score (nSPS) is 9.94. The number of nitrogens with zero attached hydrogens (tertiary/aromatic N) is 3. The van der Waals surface area contributed by atoms with Crippen molar-refractivity contribution in [3.63, 3.8) is 0 Å². The number of ether oxygens (including phenoxy) is 1. The van der Waals surface area contributed by atoms with Gasteiger partial charge in [0.1, 0.15) is 7.85 Å². The predicted octanol–water partition coefficient (Wildman–Crippen LogP) is -0.0122. The second kappa shape index (κ2) is 4.92. The number of hydrogen-bond donors (Lipinski definition) is 1. The number of carbonyl (C=O) groups excluding carboxylic acids is 1. The van der Waals surface area contributed by atoms with Crippen molar-refractivity contribution in [1.82, 2.24) is 15.0 Å². The molecular formula is C9H7BN4O2S. The van der Waals surface area contributed by atoms with E-state index < -0.39 is 0 Å². The van der Waals surface area contributed by atoms with Crippen LogP contribution in [0.25, 0.3) is 0 Å². The van der Waals surface area contributed by atoms with Crippen LogP contribution in [0.3, 0.4) is 0 Å². The van der Waals surface area contributed by atoms with Gasteiger partial charge in [0.2, 0.25) is 0 Å². The Morgan fingerprint density at radius 3 is 2.71 bits per heavy atom. The zero-order valence-electron chi connectivity index (χ0n) is 8.88. The van der Waals surface area contributed by atoms with E-state index in [1.54, 1.807) is 5.38 Å². The van der Waals surface area contributed by atoms with Crippen molar-refractivity contribution in [2.75, 3.05) is 12.4 Å². The number of nitrogens with one attached hydrogen (secondary N) is 1. The first-order valence-corrected chi connectivity index (χ1v) is 5.45. The lowest BCUT2D eigenvalue weighted by Crippen LogP contribution is -2.14. The zero-order chi connectivity index (χ0) is 12.3. The van der Waals surface area contributed by atoms with Crippen LogP contribution in [-0.4, -0.2) is 35.8 Å². The largest absolute Gasteiger partial charge is 0.467 e. The van der Waals surface area contributed by atoms with Crippen LogP contribution in [0, 0.1) is 0 Å². The summed E-state index contributed by atoms with van der Waals surface area (Å²) in [6.07, 6.45) is 2.75. The highest BCUT2D eigenvalue weighted by Gasteiger charge is 2.09. The molecule has 1 amide bonds. The van der Waals surface area contributed by atoms with Crippen LogP contribution in [0.1, 0.15) is 10.4 Å². The van der Waals surface area contributed by atoms with Crippen LogP contribution in [0.15, 0.2) is 17.8 Å². The van der Waals surface area contributed by atoms with Gasteiger partial charge in [0.15, 0.2) is 5.13 Å². The van der Waals surface area contributed by atoms with Gasteiger partial charge in [-0.1, -0.05) is 0 Å². The smallest absolute Gasteiger partial charge is 0.316 e. The van der Waals surface area contributed by atoms with Crippen LogP contribution in [0.5, 0.6) is 6.01 Å². The fraction of sp³-hybridized carbons (Fsp3) is 0.111. The van der Waals surface area contributed by atoms with E-state index in [-0.39, 0.29) is 11.9 Å². The lowest BCUT2D eigenvalue weighted by Gasteiger charge is -2.01. The van der Waals surface area contributed by atoms with Gasteiger partial charge in [-0.05, 0) is 0 Å². The van der Waals surface area contributed by atoms with Gasteiger partial charge < -0.3 is 4.74 Å². The summed E-state index contributed by atoms with van der Waals surface area (Å²) in [5.74, 6) is -0.345. The maximum absolute atomic E-state index is 11.7. The molecule has 2 aromatic heterocycles. The third kappa shape index (κ3) is 2.79. The van der Waals surface area contributed by atoms with E-state index in [1.165, 1.54) is 30.8 Å². The number of carbonyl (C=O) groups is 1. The second-order valence-corrected chi connectivity index (χ2v) is 3.85. The van der Waals surface area contributed by atoms with E-state index in [4.69, 9.17) is 12.6 Å². The van der Waals surface area contributed by atoms with Crippen LogP contribution in [-0.2, 0) is 0 Å². The topological polar surface area (TPSA) is 77.0 Å². The van der Waals surface area contributed by atoms with Crippen molar-refractivity contribution in [2.45, 2.75) is 0 Å². The lowest BCUT2D eigenvalue weighted by molar-refractivity contribution is 0.102. The average Bonchev–Trinajstić information content (AvgIpc) is 2.75. The summed E-state index contributed by atoms with van der Waals surface area (Å²) in [5, 5.41) is 4.66. The van der Waals surface area contributed by atoms with E-state index in [2.05, 4.69) is 20.3 Å². The highest BCUT2D eigenvalue weighted by molar-refractivity contribution is 7.14. The molecule has 0 unspecified atom stereocenters. The zero-order valence-corrected chi connectivity index (χ0v) is 9.69. The summed E-state index contributed by atoms with van der Waals surface area (Å²) in [4.78, 5) is 23.3. The number of amides is 1. The summed E-state index contributed by atoms with van der Waals surface area (Å²) in [6, 6.07) is 0.208. The number of methoxy groups -OCH3 is 1. The van der Waals surface area contributed by atoms with Crippen molar-refractivity contribution in [2.24, 2.45) is 0 Å². The van der Waals surface area contributed by atoms with E-state index in [0.29, 0.717) is 16.3 Å². The van der Waals surface area contributed by atoms with Crippen LogP contribution in [0.4, 0.5) is 5.13 Å². The lowest BCUT2D eigenvalue weighted by atomic mass is 10.1. The third-order valence-corrected chi connectivity index (χ3v) is 2.59. The molecule has 0 bridgehead atoms. The Hall–Kier alpha value is -1.96. The van der Waals surface area contributed by atoms with E-state index in [1.807, 2.05) is 0 Å². The van der Waals surface area contributed by atoms with Crippen LogP contribution in [0.2, 0.25) is 0 Å². The minimum atomic E-state index is -0.345. The van der Waals surface area contributed by atoms with E-state index >= 15 is 0 Å². The molecule has 0 aliphatic rings. The van der Waals surface area contributed by atoms with Gasteiger partial charge in [-0.15, -0.1) is 11.3 Å². The average molecular weight is 246 g/mol. The molecule has 2 aromatic rings. The fourth-order valence-electron chi connectivity index (χ4n) is 1.05. The Morgan fingerprint density at radius 2 is 2.18 bits per heavy atom. The number of hydrogen-bond acceptors (Lipinski definition) is 6. The highest BCUT2D eigenvalue weighted by atomic mass is 32.1. The molecule has 0 atom stereocenters. The monoisotopic (exact) mass is 246 g/mol. The van der Waals surface area contributed by atoms with Crippen molar-refractivity contribution >= 4 is 35.8 Å². The molecule has 2 heterocycles. The molecule has 6 nitrogen and oxygen atoms in total. The third-order valence-electron chi connectivity index (χ3n) is 1.82. The molecule has 0 aliphatic heterocycles.